The minimum Gasteiger partial charge on any atom is -0.394 e. The smallest absolute Gasteiger partial charge is 0.226 e. The second-order valence-electron chi connectivity index (χ2n) is 3.88. The van der Waals surface area contributed by atoms with Crippen LogP contribution in [0.25, 0.3) is 0 Å². The van der Waals surface area contributed by atoms with E-state index in [1.165, 1.54) is 0 Å². The number of aliphatic hydroxyl groups excluding tert-OH is 1. The molecule has 68 valence electrons. The molecule has 0 aliphatic carbocycles. The molecule has 12 heavy (non-hydrogen) atoms. The summed E-state index contributed by atoms with van der Waals surface area (Å²) in [7, 11) is 0. The van der Waals surface area contributed by atoms with Gasteiger partial charge >= 0.3 is 0 Å². The van der Waals surface area contributed by atoms with Crippen molar-refractivity contribution in [2.75, 3.05) is 6.61 Å². The number of rotatable bonds is 1. The van der Waals surface area contributed by atoms with Gasteiger partial charge in [0, 0.05) is 4.75 Å². The fourth-order valence-corrected chi connectivity index (χ4v) is 3.60. The first-order chi connectivity index (χ1) is 5.56. The molecule has 0 bridgehead atoms. The summed E-state index contributed by atoms with van der Waals surface area (Å²) in [6.45, 7) is 4.26. The van der Waals surface area contributed by atoms with Crippen LogP contribution in [-0.2, 0) is 4.79 Å². The Labute approximate surface area is 76.1 Å². The number of nitrogens with zero attached hydrogens (tertiary/aromatic N) is 1. The lowest BCUT2D eigenvalue weighted by atomic mass is 9.99. The predicted octanol–water partition coefficient (Wildman–Crippen LogP) is 0.431. The lowest BCUT2D eigenvalue weighted by Crippen LogP contribution is -2.55. The molecule has 4 heteroatoms. The van der Waals surface area contributed by atoms with Crippen LogP contribution in [0.5, 0.6) is 0 Å². The fourth-order valence-electron chi connectivity index (χ4n) is 1.95. The zero-order chi connectivity index (χ0) is 8.93. The van der Waals surface area contributed by atoms with Crippen molar-refractivity contribution in [3.8, 4) is 0 Å². The van der Waals surface area contributed by atoms with Gasteiger partial charge in [0.2, 0.25) is 5.91 Å². The van der Waals surface area contributed by atoms with E-state index in [-0.39, 0.29) is 23.3 Å². The summed E-state index contributed by atoms with van der Waals surface area (Å²) in [5.74, 6) is 0.192. The van der Waals surface area contributed by atoms with Crippen molar-refractivity contribution < 1.29 is 9.90 Å². The lowest BCUT2D eigenvalue weighted by molar-refractivity contribution is -0.145. The molecule has 2 fully saturated rings. The quantitative estimate of drug-likeness (QED) is 0.605. The van der Waals surface area contributed by atoms with Crippen molar-refractivity contribution >= 4 is 17.7 Å². The van der Waals surface area contributed by atoms with Gasteiger partial charge in [0.15, 0.2) is 0 Å². The standard InChI is InChI=1S/C8H13NO2S/c1-8(2)5(4-10)9-6(11)3-7(9)12-8/h5,7,10H,3-4H2,1-2H3/t5-,7+/m0/s1. The van der Waals surface area contributed by atoms with Crippen molar-refractivity contribution in [2.24, 2.45) is 0 Å². The van der Waals surface area contributed by atoms with Crippen LogP contribution < -0.4 is 0 Å². The highest BCUT2D eigenvalue weighted by molar-refractivity contribution is 8.01. The van der Waals surface area contributed by atoms with Gasteiger partial charge in [-0.25, -0.2) is 0 Å². The van der Waals surface area contributed by atoms with Crippen molar-refractivity contribution in [1.29, 1.82) is 0 Å². The molecule has 0 aromatic carbocycles. The minimum atomic E-state index is 0.0194. The summed E-state index contributed by atoms with van der Waals surface area (Å²) in [4.78, 5) is 13.0. The highest BCUT2D eigenvalue weighted by Gasteiger charge is 2.54. The Morgan fingerprint density at radius 3 is 2.83 bits per heavy atom. The number of carbonyl (C=O) groups excluding carboxylic acids is 1. The van der Waals surface area contributed by atoms with Gasteiger partial charge in [-0.2, -0.15) is 0 Å². The Hall–Kier alpha value is -0.220. The second kappa shape index (κ2) is 2.39. The second-order valence-corrected chi connectivity index (χ2v) is 5.71. The molecule has 2 atom stereocenters. The van der Waals surface area contributed by atoms with E-state index >= 15 is 0 Å². The number of carbonyl (C=O) groups is 1. The Morgan fingerprint density at radius 1 is 1.75 bits per heavy atom. The van der Waals surface area contributed by atoms with E-state index in [4.69, 9.17) is 5.11 Å². The summed E-state index contributed by atoms with van der Waals surface area (Å²) in [5.41, 5.74) is 0. The van der Waals surface area contributed by atoms with Crippen molar-refractivity contribution in [3.05, 3.63) is 0 Å². The van der Waals surface area contributed by atoms with Gasteiger partial charge in [-0.05, 0) is 13.8 Å². The van der Waals surface area contributed by atoms with Crippen LogP contribution in [0.1, 0.15) is 20.3 Å². The normalized spacial score (nSPS) is 37.9. The first-order valence-electron chi connectivity index (χ1n) is 4.16. The number of β-lactam (4-membered cyclic amide) rings is 1. The van der Waals surface area contributed by atoms with Gasteiger partial charge in [0.05, 0.1) is 24.4 Å². The summed E-state index contributed by atoms with van der Waals surface area (Å²) in [6.07, 6.45) is 0.657. The molecular weight excluding hydrogens is 174 g/mol. The molecule has 0 saturated carbocycles. The molecule has 2 saturated heterocycles. The molecule has 2 rings (SSSR count). The number of aliphatic hydroxyl groups is 1. The molecule has 0 spiro atoms. The highest BCUT2D eigenvalue weighted by Crippen LogP contribution is 2.50. The van der Waals surface area contributed by atoms with Crippen LogP contribution in [0.2, 0.25) is 0 Å². The maximum Gasteiger partial charge on any atom is 0.226 e. The molecule has 2 heterocycles. The number of amides is 1. The lowest BCUT2D eigenvalue weighted by Gasteiger charge is -2.37. The van der Waals surface area contributed by atoms with Crippen molar-refractivity contribution in [2.45, 2.75) is 36.4 Å². The molecule has 0 radical (unpaired) electrons. The molecule has 0 aromatic rings. The Morgan fingerprint density at radius 2 is 2.42 bits per heavy atom. The van der Waals surface area contributed by atoms with E-state index in [2.05, 4.69) is 13.8 Å². The minimum absolute atomic E-state index is 0.0194. The number of fused-ring (bicyclic) bond motifs is 1. The molecule has 0 unspecified atom stereocenters. The third-order valence-electron chi connectivity index (χ3n) is 2.70. The summed E-state index contributed by atoms with van der Waals surface area (Å²) in [5, 5.41) is 9.47. The number of hydrogen-bond donors (Lipinski definition) is 1. The van der Waals surface area contributed by atoms with Gasteiger partial charge in [-0.3, -0.25) is 4.79 Å². The molecule has 0 aromatic heterocycles. The molecule has 2 aliphatic heterocycles. The van der Waals surface area contributed by atoms with E-state index in [9.17, 15) is 4.79 Å². The van der Waals surface area contributed by atoms with Gasteiger partial charge in [-0.1, -0.05) is 0 Å². The molecule has 2 aliphatic rings. The van der Waals surface area contributed by atoms with Crippen LogP contribution >= 0.6 is 11.8 Å². The Bertz CT molecular complexity index is 229. The highest BCUT2D eigenvalue weighted by atomic mass is 32.2. The topological polar surface area (TPSA) is 40.5 Å². The van der Waals surface area contributed by atoms with E-state index in [0.717, 1.165) is 0 Å². The first-order valence-corrected chi connectivity index (χ1v) is 5.04. The monoisotopic (exact) mass is 187 g/mol. The number of thioether (sulfide) groups is 1. The zero-order valence-corrected chi connectivity index (χ0v) is 8.10. The molecule has 3 nitrogen and oxygen atoms in total. The third kappa shape index (κ3) is 0.910. The van der Waals surface area contributed by atoms with Crippen LogP contribution in [-0.4, -0.2) is 38.7 Å². The van der Waals surface area contributed by atoms with Crippen molar-refractivity contribution in [1.82, 2.24) is 4.90 Å². The average Bonchev–Trinajstić information content (AvgIpc) is 2.17. The molecule has 1 amide bonds. The summed E-state index contributed by atoms with van der Waals surface area (Å²) in [6, 6.07) is 0.0220. The summed E-state index contributed by atoms with van der Waals surface area (Å²) >= 11 is 1.80. The molecule has 1 N–H and O–H groups in total. The van der Waals surface area contributed by atoms with Crippen LogP contribution in [0.15, 0.2) is 0 Å². The molecular formula is C8H13NO2S. The SMILES string of the molecule is CC1(C)S[C@@H]2CC(=O)N2[C@H]1CO. The third-order valence-corrected chi connectivity index (χ3v) is 4.24. The largest absolute Gasteiger partial charge is 0.394 e. The zero-order valence-electron chi connectivity index (χ0n) is 7.28. The van der Waals surface area contributed by atoms with Crippen LogP contribution in [0, 0.1) is 0 Å². The average molecular weight is 187 g/mol. The first kappa shape index (κ1) is 8.38. The predicted molar refractivity (Wildman–Crippen MR) is 47.8 cm³/mol. The van der Waals surface area contributed by atoms with Crippen molar-refractivity contribution in [3.63, 3.8) is 0 Å². The maximum atomic E-state index is 11.2. The van der Waals surface area contributed by atoms with Gasteiger partial charge in [-0.15, -0.1) is 11.8 Å². The van der Waals surface area contributed by atoms with Gasteiger partial charge < -0.3 is 10.0 Å². The Kier molecular flexibility index (Phi) is 1.67. The van der Waals surface area contributed by atoms with Gasteiger partial charge in [0.25, 0.3) is 0 Å². The van der Waals surface area contributed by atoms with E-state index in [1.54, 1.807) is 11.8 Å². The van der Waals surface area contributed by atoms with Crippen LogP contribution in [0.4, 0.5) is 0 Å². The fraction of sp³-hybridized carbons (Fsp3) is 0.875. The van der Waals surface area contributed by atoms with E-state index in [0.29, 0.717) is 11.8 Å². The summed E-state index contributed by atoms with van der Waals surface area (Å²) < 4.78 is 0.0194. The van der Waals surface area contributed by atoms with E-state index in [1.807, 2.05) is 4.90 Å². The Balaban J connectivity index is 2.21. The van der Waals surface area contributed by atoms with Crippen LogP contribution in [0.3, 0.4) is 0 Å². The van der Waals surface area contributed by atoms with Gasteiger partial charge in [0.1, 0.15) is 0 Å². The maximum absolute atomic E-state index is 11.2. The number of hydrogen-bond acceptors (Lipinski definition) is 3. The van der Waals surface area contributed by atoms with E-state index < -0.39 is 0 Å².